The van der Waals surface area contributed by atoms with E-state index in [1.807, 2.05) is 0 Å². The number of hydrogen-bond donors (Lipinski definition) is 3. The van der Waals surface area contributed by atoms with Gasteiger partial charge in [0.05, 0.1) is 11.3 Å². The van der Waals surface area contributed by atoms with Crippen LogP contribution in [-0.2, 0) is 4.79 Å². The molecular weight excluding hydrogens is 261 g/mol. The van der Waals surface area contributed by atoms with E-state index in [4.69, 9.17) is 5.11 Å². The summed E-state index contributed by atoms with van der Waals surface area (Å²) in [7, 11) is 0. The highest BCUT2D eigenvalue weighted by atomic mass is 19.1. The van der Waals surface area contributed by atoms with Gasteiger partial charge in [0.2, 0.25) is 5.82 Å². The summed E-state index contributed by atoms with van der Waals surface area (Å²) in [6.07, 6.45) is -0.248. The maximum Gasteiger partial charge on any atom is 0.319 e. The summed E-state index contributed by atoms with van der Waals surface area (Å²) in [6, 6.07) is 2.16. The van der Waals surface area contributed by atoms with Gasteiger partial charge in [-0.3, -0.25) is 14.9 Å². The smallest absolute Gasteiger partial charge is 0.319 e. The molecule has 0 aromatic heterocycles. The van der Waals surface area contributed by atoms with Crippen LogP contribution >= 0.6 is 0 Å². The summed E-state index contributed by atoms with van der Waals surface area (Å²) in [5, 5.41) is 23.2. The molecule has 19 heavy (non-hydrogen) atoms. The second kappa shape index (κ2) is 6.28. The molecule has 0 bridgehead atoms. The third kappa shape index (κ3) is 4.58. The number of urea groups is 1. The summed E-state index contributed by atoms with van der Waals surface area (Å²) < 4.78 is 13.2. The summed E-state index contributed by atoms with van der Waals surface area (Å²) >= 11 is 0. The fourth-order valence-electron chi connectivity index (χ4n) is 1.19. The van der Waals surface area contributed by atoms with Crippen molar-refractivity contribution in [2.45, 2.75) is 6.42 Å². The highest BCUT2D eigenvalue weighted by Crippen LogP contribution is 2.20. The van der Waals surface area contributed by atoms with Crippen LogP contribution in [0.1, 0.15) is 6.42 Å². The van der Waals surface area contributed by atoms with Crippen molar-refractivity contribution in [1.29, 1.82) is 0 Å². The standard InChI is InChI=1S/C10H10FN3O5/c11-7-5-6(1-2-8(7)14(18)19)13-10(17)12-4-3-9(15)16/h1-2,5H,3-4H2,(H,15,16)(H2,12,13,17). The molecule has 0 atom stereocenters. The van der Waals surface area contributed by atoms with Crippen LogP contribution < -0.4 is 10.6 Å². The van der Waals surface area contributed by atoms with Crippen LogP contribution in [-0.4, -0.2) is 28.6 Å². The van der Waals surface area contributed by atoms with E-state index in [0.717, 1.165) is 18.2 Å². The van der Waals surface area contributed by atoms with Gasteiger partial charge in [-0.15, -0.1) is 0 Å². The molecule has 0 heterocycles. The fourth-order valence-corrected chi connectivity index (χ4v) is 1.19. The van der Waals surface area contributed by atoms with Crippen molar-refractivity contribution in [2.24, 2.45) is 0 Å². The van der Waals surface area contributed by atoms with Gasteiger partial charge >= 0.3 is 17.7 Å². The largest absolute Gasteiger partial charge is 0.481 e. The Hall–Kier alpha value is -2.71. The van der Waals surface area contributed by atoms with Gasteiger partial charge in [-0.1, -0.05) is 0 Å². The van der Waals surface area contributed by atoms with E-state index in [0.29, 0.717) is 0 Å². The van der Waals surface area contributed by atoms with Crippen LogP contribution in [0.15, 0.2) is 18.2 Å². The fraction of sp³-hybridized carbons (Fsp3) is 0.200. The van der Waals surface area contributed by atoms with Gasteiger partial charge in [-0.25, -0.2) is 4.79 Å². The van der Waals surface area contributed by atoms with Gasteiger partial charge in [0, 0.05) is 24.4 Å². The molecule has 102 valence electrons. The minimum absolute atomic E-state index is 0.0240. The van der Waals surface area contributed by atoms with Gasteiger partial charge in [-0.2, -0.15) is 4.39 Å². The lowest BCUT2D eigenvalue weighted by Crippen LogP contribution is -2.30. The normalized spacial score (nSPS) is 9.74. The van der Waals surface area contributed by atoms with Crippen molar-refractivity contribution in [3.05, 3.63) is 34.1 Å². The van der Waals surface area contributed by atoms with E-state index < -0.39 is 28.4 Å². The van der Waals surface area contributed by atoms with Crippen molar-refractivity contribution in [3.8, 4) is 0 Å². The zero-order chi connectivity index (χ0) is 14.4. The maximum absolute atomic E-state index is 13.2. The molecule has 0 unspecified atom stereocenters. The minimum atomic E-state index is -1.08. The monoisotopic (exact) mass is 271 g/mol. The lowest BCUT2D eigenvalue weighted by atomic mass is 10.2. The number of hydrogen-bond acceptors (Lipinski definition) is 4. The van der Waals surface area contributed by atoms with Crippen LogP contribution in [0.3, 0.4) is 0 Å². The first kappa shape index (κ1) is 14.4. The number of rotatable bonds is 5. The Balaban J connectivity index is 2.58. The lowest BCUT2D eigenvalue weighted by Gasteiger charge is -2.06. The molecule has 1 aromatic carbocycles. The first-order chi connectivity index (χ1) is 8.90. The number of carboxylic acids is 1. The number of carboxylic acid groups (broad SMARTS) is 1. The number of nitro groups is 1. The number of carbonyl (C=O) groups is 2. The van der Waals surface area contributed by atoms with Crippen LogP contribution in [0.4, 0.5) is 20.6 Å². The third-order valence-corrected chi connectivity index (χ3v) is 2.03. The van der Waals surface area contributed by atoms with Gasteiger partial charge in [0.15, 0.2) is 0 Å². The molecule has 1 rings (SSSR count). The number of carbonyl (C=O) groups excluding carboxylic acids is 1. The number of nitro benzene ring substituents is 1. The molecule has 8 nitrogen and oxygen atoms in total. The van der Waals surface area contributed by atoms with Gasteiger partial charge in [0.1, 0.15) is 0 Å². The molecule has 0 radical (unpaired) electrons. The topological polar surface area (TPSA) is 122 Å². The molecular formula is C10H10FN3O5. The van der Waals surface area contributed by atoms with Crippen molar-refractivity contribution >= 4 is 23.4 Å². The van der Waals surface area contributed by atoms with Crippen LogP contribution in [0, 0.1) is 15.9 Å². The molecule has 9 heteroatoms. The molecule has 0 aliphatic rings. The number of nitrogens with one attached hydrogen (secondary N) is 2. The van der Waals surface area contributed by atoms with Crippen molar-refractivity contribution in [3.63, 3.8) is 0 Å². The molecule has 0 fully saturated rings. The van der Waals surface area contributed by atoms with Crippen LogP contribution in [0.5, 0.6) is 0 Å². The van der Waals surface area contributed by atoms with Crippen molar-refractivity contribution in [2.75, 3.05) is 11.9 Å². The van der Waals surface area contributed by atoms with Crippen LogP contribution in [0.2, 0.25) is 0 Å². The second-order valence-electron chi connectivity index (χ2n) is 3.45. The second-order valence-corrected chi connectivity index (χ2v) is 3.45. The van der Waals surface area contributed by atoms with Gasteiger partial charge in [0.25, 0.3) is 0 Å². The molecule has 0 saturated carbocycles. The van der Waals surface area contributed by atoms with E-state index in [1.54, 1.807) is 0 Å². The molecule has 1 aromatic rings. The van der Waals surface area contributed by atoms with Crippen LogP contribution in [0.25, 0.3) is 0 Å². The summed E-state index contributed by atoms with van der Waals surface area (Å²) in [6.45, 7) is -0.0867. The molecule has 0 spiro atoms. The average Bonchev–Trinajstić information content (AvgIpc) is 2.27. The lowest BCUT2D eigenvalue weighted by molar-refractivity contribution is -0.387. The quantitative estimate of drug-likeness (QED) is 0.551. The number of benzene rings is 1. The Bertz CT molecular complexity index is 520. The number of amides is 2. The molecule has 3 N–H and O–H groups in total. The first-order valence-electron chi connectivity index (χ1n) is 5.10. The predicted octanol–water partition coefficient (Wildman–Crippen LogP) is 1.33. The number of aliphatic carboxylic acids is 1. The van der Waals surface area contributed by atoms with E-state index in [1.165, 1.54) is 0 Å². The van der Waals surface area contributed by atoms with Crippen molar-refractivity contribution in [1.82, 2.24) is 5.32 Å². The molecule has 0 aliphatic carbocycles. The van der Waals surface area contributed by atoms with E-state index >= 15 is 0 Å². The Morgan fingerprint density at radius 3 is 2.63 bits per heavy atom. The zero-order valence-corrected chi connectivity index (χ0v) is 9.55. The van der Waals surface area contributed by atoms with E-state index in [-0.39, 0.29) is 18.7 Å². The van der Waals surface area contributed by atoms with Gasteiger partial charge in [-0.05, 0) is 6.07 Å². The Labute approximate surface area is 106 Å². The summed E-state index contributed by atoms with van der Waals surface area (Å²) in [4.78, 5) is 30.9. The Morgan fingerprint density at radius 2 is 2.11 bits per heavy atom. The first-order valence-corrected chi connectivity index (χ1v) is 5.10. The minimum Gasteiger partial charge on any atom is -0.481 e. The molecule has 0 saturated heterocycles. The summed E-state index contributed by atoms with van der Waals surface area (Å²) in [5.74, 6) is -2.14. The number of anilines is 1. The maximum atomic E-state index is 13.2. The predicted molar refractivity (Wildman–Crippen MR) is 62.3 cm³/mol. The average molecular weight is 271 g/mol. The van der Waals surface area contributed by atoms with E-state index in [2.05, 4.69) is 10.6 Å². The number of halogens is 1. The zero-order valence-electron chi connectivity index (χ0n) is 9.55. The van der Waals surface area contributed by atoms with Crippen molar-refractivity contribution < 1.29 is 24.0 Å². The van der Waals surface area contributed by atoms with E-state index in [9.17, 15) is 24.1 Å². The van der Waals surface area contributed by atoms with Gasteiger partial charge < -0.3 is 15.7 Å². The SMILES string of the molecule is O=C(O)CCNC(=O)Nc1ccc([N+](=O)[O-])c(F)c1. The number of nitrogens with zero attached hydrogens (tertiary/aromatic N) is 1. The highest BCUT2D eigenvalue weighted by Gasteiger charge is 2.14. The Kier molecular flexibility index (Phi) is 4.75. The Morgan fingerprint density at radius 1 is 1.42 bits per heavy atom. The molecule has 2 amide bonds. The highest BCUT2D eigenvalue weighted by molar-refractivity contribution is 5.89. The summed E-state index contributed by atoms with van der Waals surface area (Å²) in [5.41, 5.74) is -0.673. The third-order valence-electron chi connectivity index (χ3n) is 2.03. The molecule has 0 aliphatic heterocycles.